The first-order chi connectivity index (χ1) is 8.97. The van der Waals surface area contributed by atoms with Crippen LogP contribution in [0.2, 0.25) is 0 Å². The number of carbonyl (C=O) groups excluding carboxylic acids is 1. The topological polar surface area (TPSA) is 115 Å². The number of likely N-dealkylation sites (tertiary alicyclic amines) is 1. The molecule has 1 aliphatic heterocycles. The van der Waals surface area contributed by atoms with Gasteiger partial charge < -0.3 is 20.2 Å². The molecule has 0 radical (unpaired) electrons. The Balaban J connectivity index is 1.97. The second kappa shape index (κ2) is 5.16. The summed E-state index contributed by atoms with van der Waals surface area (Å²) >= 11 is 0. The van der Waals surface area contributed by atoms with E-state index in [1.165, 1.54) is 4.90 Å². The van der Waals surface area contributed by atoms with Crippen LogP contribution in [0.5, 0.6) is 0 Å². The van der Waals surface area contributed by atoms with Crippen molar-refractivity contribution in [1.29, 1.82) is 0 Å². The molecule has 3 atom stereocenters. The average Bonchev–Trinajstić information content (AvgIpc) is 3.13. The first-order valence-electron chi connectivity index (χ1n) is 6.32. The Morgan fingerprint density at radius 2 is 1.42 bits per heavy atom. The van der Waals surface area contributed by atoms with E-state index in [-0.39, 0.29) is 18.4 Å². The first-order valence-corrected chi connectivity index (χ1v) is 6.32. The van der Waals surface area contributed by atoms with Gasteiger partial charge in [0, 0.05) is 19.7 Å². The molecule has 2 aliphatic rings. The first kappa shape index (κ1) is 13.8. The van der Waals surface area contributed by atoms with Crippen LogP contribution >= 0.6 is 0 Å². The second-order valence-electron chi connectivity index (χ2n) is 5.21. The molecule has 2 rings (SSSR count). The summed E-state index contributed by atoms with van der Waals surface area (Å²) in [5, 5.41) is 26.8. The number of rotatable bonds is 4. The Kier molecular flexibility index (Phi) is 3.75. The number of aliphatic carboxylic acids is 2. The quantitative estimate of drug-likeness (QED) is 0.619. The fourth-order valence-corrected chi connectivity index (χ4v) is 2.78. The summed E-state index contributed by atoms with van der Waals surface area (Å²) in [7, 11) is 0. The number of hydrogen-bond donors (Lipinski definition) is 3. The van der Waals surface area contributed by atoms with Crippen LogP contribution in [0.15, 0.2) is 0 Å². The smallest absolute Gasteiger partial charge is 0.308 e. The monoisotopic (exact) mass is 271 g/mol. The maximum absolute atomic E-state index is 12.1. The molecule has 1 saturated heterocycles. The van der Waals surface area contributed by atoms with Crippen molar-refractivity contribution in [2.24, 2.45) is 23.7 Å². The molecule has 1 aliphatic carbocycles. The average molecular weight is 271 g/mol. The van der Waals surface area contributed by atoms with Crippen LogP contribution in [-0.2, 0) is 14.4 Å². The summed E-state index contributed by atoms with van der Waals surface area (Å²) < 4.78 is 0. The van der Waals surface area contributed by atoms with Crippen molar-refractivity contribution in [3.05, 3.63) is 0 Å². The third kappa shape index (κ3) is 2.56. The molecular weight excluding hydrogens is 254 g/mol. The fraction of sp³-hybridized carbons (Fsp3) is 0.750. The van der Waals surface area contributed by atoms with Crippen LogP contribution in [-0.4, -0.2) is 57.8 Å². The molecule has 1 heterocycles. The number of amides is 1. The SMILES string of the molecule is O=C(O)[C@@H]1C(C(=O)N2CCC(CO)CC2)[C@@H]1C(=O)O. The molecule has 0 spiro atoms. The molecule has 1 saturated carbocycles. The van der Waals surface area contributed by atoms with E-state index in [1.807, 2.05) is 0 Å². The summed E-state index contributed by atoms with van der Waals surface area (Å²) in [4.78, 5) is 35.5. The van der Waals surface area contributed by atoms with Crippen LogP contribution < -0.4 is 0 Å². The van der Waals surface area contributed by atoms with Gasteiger partial charge in [0.05, 0.1) is 17.8 Å². The van der Waals surface area contributed by atoms with Gasteiger partial charge in [-0.3, -0.25) is 14.4 Å². The zero-order chi connectivity index (χ0) is 14.2. The van der Waals surface area contributed by atoms with Gasteiger partial charge in [0.1, 0.15) is 0 Å². The van der Waals surface area contributed by atoms with Gasteiger partial charge in [-0.05, 0) is 18.8 Å². The van der Waals surface area contributed by atoms with Crippen molar-refractivity contribution < 1.29 is 29.7 Å². The molecule has 1 unspecified atom stereocenters. The third-order valence-corrected chi connectivity index (χ3v) is 4.06. The molecule has 3 N–H and O–H groups in total. The standard InChI is InChI=1S/C12H17NO6/c14-5-6-1-3-13(4-2-6)10(15)7-8(11(16)17)9(7)12(18)19/h6-9,14H,1-5H2,(H,16,17)(H,18,19)/t7?,8-,9+. The van der Waals surface area contributed by atoms with Crippen LogP contribution in [0.25, 0.3) is 0 Å². The number of hydrogen-bond acceptors (Lipinski definition) is 4. The Hall–Kier alpha value is -1.63. The number of carboxylic acid groups (broad SMARTS) is 2. The van der Waals surface area contributed by atoms with E-state index in [9.17, 15) is 14.4 Å². The van der Waals surface area contributed by atoms with Gasteiger partial charge in [-0.2, -0.15) is 0 Å². The van der Waals surface area contributed by atoms with E-state index >= 15 is 0 Å². The van der Waals surface area contributed by atoms with Crippen LogP contribution in [0.4, 0.5) is 0 Å². The van der Waals surface area contributed by atoms with Crippen molar-refractivity contribution in [2.75, 3.05) is 19.7 Å². The summed E-state index contributed by atoms with van der Waals surface area (Å²) in [5.74, 6) is -5.78. The summed E-state index contributed by atoms with van der Waals surface area (Å²) in [6.07, 6.45) is 1.34. The van der Waals surface area contributed by atoms with E-state index in [2.05, 4.69) is 0 Å². The molecule has 0 aromatic carbocycles. The Morgan fingerprint density at radius 3 is 1.79 bits per heavy atom. The summed E-state index contributed by atoms with van der Waals surface area (Å²) in [5.41, 5.74) is 0. The highest BCUT2D eigenvalue weighted by molar-refractivity contribution is 5.98. The minimum absolute atomic E-state index is 0.0843. The van der Waals surface area contributed by atoms with Crippen molar-refractivity contribution >= 4 is 17.8 Å². The van der Waals surface area contributed by atoms with Crippen molar-refractivity contribution in [1.82, 2.24) is 4.90 Å². The highest BCUT2D eigenvalue weighted by atomic mass is 16.4. The number of piperidine rings is 1. The molecule has 0 aromatic rings. The Bertz CT molecular complexity index is 381. The van der Waals surface area contributed by atoms with Gasteiger partial charge in [0.2, 0.25) is 5.91 Å². The highest BCUT2D eigenvalue weighted by Gasteiger charge is 2.64. The molecule has 0 bridgehead atoms. The van der Waals surface area contributed by atoms with E-state index < -0.39 is 29.7 Å². The lowest BCUT2D eigenvalue weighted by molar-refractivity contribution is -0.144. The third-order valence-electron chi connectivity index (χ3n) is 4.06. The lowest BCUT2D eigenvalue weighted by Crippen LogP contribution is -2.40. The largest absolute Gasteiger partial charge is 0.481 e. The van der Waals surface area contributed by atoms with E-state index in [0.29, 0.717) is 25.9 Å². The maximum atomic E-state index is 12.1. The molecule has 1 amide bonds. The highest BCUT2D eigenvalue weighted by Crippen LogP contribution is 2.48. The molecule has 7 nitrogen and oxygen atoms in total. The molecular formula is C12H17NO6. The normalized spacial score (nSPS) is 31.0. The van der Waals surface area contributed by atoms with E-state index in [1.54, 1.807) is 0 Å². The fourth-order valence-electron chi connectivity index (χ4n) is 2.78. The Morgan fingerprint density at radius 1 is 0.947 bits per heavy atom. The van der Waals surface area contributed by atoms with Gasteiger partial charge in [-0.1, -0.05) is 0 Å². The zero-order valence-corrected chi connectivity index (χ0v) is 10.4. The van der Waals surface area contributed by atoms with Crippen molar-refractivity contribution in [2.45, 2.75) is 12.8 Å². The number of carbonyl (C=O) groups is 3. The summed E-state index contributed by atoms with van der Waals surface area (Å²) in [6, 6.07) is 0. The number of aliphatic hydroxyl groups excluding tert-OH is 1. The van der Waals surface area contributed by atoms with Gasteiger partial charge in [0.25, 0.3) is 0 Å². The summed E-state index contributed by atoms with van der Waals surface area (Å²) in [6.45, 7) is 0.999. The van der Waals surface area contributed by atoms with Gasteiger partial charge in [0.15, 0.2) is 0 Å². The van der Waals surface area contributed by atoms with Crippen LogP contribution in [0.3, 0.4) is 0 Å². The van der Waals surface area contributed by atoms with Crippen molar-refractivity contribution in [3.63, 3.8) is 0 Å². The minimum Gasteiger partial charge on any atom is -0.481 e. The molecule has 106 valence electrons. The lowest BCUT2D eigenvalue weighted by Gasteiger charge is -2.31. The van der Waals surface area contributed by atoms with Gasteiger partial charge >= 0.3 is 11.9 Å². The molecule has 7 heteroatoms. The number of carboxylic acids is 2. The lowest BCUT2D eigenvalue weighted by atomic mass is 9.97. The van der Waals surface area contributed by atoms with E-state index in [4.69, 9.17) is 15.3 Å². The predicted molar refractivity (Wildman–Crippen MR) is 62.1 cm³/mol. The maximum Gasteiger partial charge on any atom is 0.308 e. The van der Waals surface area contributed by atoms with Crippen LogP contribution in [0.1, 0.15) is 12.8 Å². The second-order valence-corrected chi connectivity index (χ2v) is 5.21. The minimum atomic E-state index is -1.23. The number of aliphatic hydroxyl groups is 1. The van der Waals surface area contributed by atoms with Gasteiger partial charge in [-0.25, -0.2) is 0 Å². The molecule has 0 aromatic heterocycles. The zero-order valence-electron chi connectivity index (χ0n) is 10.4. The van der Waals surface area contributed by atoms with E-state index in [0.717, 1.165) is 0 Å². The van der Waals surface area contributed by atoms with Gasteiger partial charge in [-0.15, -0.1) is 0 Å². The van der Waals surface area contributed by atoms with Crippen LogP contribution in [0, 0.1) is 23.7 Å². The van der Waals surface area contributed by atoms with Crippen molar-refractivity contribution in [3.8, 4) is 0 Å². The predicted octanol–water partition coefficient (Wildman–Crippen LogP) is -0.751. The Labute approximate surface area is 109 Å². The number of nitrogens with zero attached hydrogens (tertiary/aromatic N) is 1. The molecule has 19 heavy (non-hydrogen) atoms. The molecule has 2 fully saturated rings.